The molecule has 100 valence electrons. The minimum atomic E-state index is -0.232. The van der Waals surface area contributed by atoms with Gasteiger partial charge in [0.2, 0.25) is 0 Å². The van der Waals surface area contributed by atoms with Crippen LogP contribution in [0, 0.1) is 0 Å². The van der Waals surface area contributed by atoms with Crippen LogP contribution in [0.5, 0.6) is 0 Å². The van der Waals surface area contributed by atoms with Crippen LogP contribution in [0.4, 0.5) is 5.69 Å². The van der Waals surface area contributed by atoms with Crippen molar-refractivity contribution in [1.82, 2.24) is 19.7 Å². The van der Waals surface area contributed by atoms with E-state index in [-0.39, 0.29) is 17.0 Å². The summed E-state index contributed by atoms with van der Waals surface area (Å²) in [5.74, 6) is 0. The molecule has 0 saturated carbocycles. The summed E-state index contributed by atoms with van der Waals surface area (Å²) in [6.07, 6.45) is 4.60. The van der Waals surface area contributed by atoms with Gasteiger partial charge in [0, 0.05) is 30.8 Å². The van der Waals surface area contributed by atoms with Gasteiger partial charge in [-0.3, -0.25) is 9.89 Å². The fourth-order valence-electron chi connectivity index (χ4n) is 2.13. The Morgan fingerprint density at radius 2 is 2.32 bits per heavy atom. The second-order valence-electron chi connectivity index (χ2n) is 4.19. The second kappa shape index (κ2) is 5.38. The van der Waals surface area contributed by atoms with Crippen molar-refractivity contribution < 1.29 is 0 Å². The van der Waals surface area contributed by atoms with Gasteiger partial charge in [-0.15, -0.1) is 0 Å². The highest BCUT2D eigenvalue weighted by atomic mass is 127. The maximum absolute atomic E-state index is 12.0. The summed E-state index contributed by atoms with van der Waals surface area (Å²) in [6.45, 7) is 1.50. The van der Waals surface area contributed by atoms with Crippen LogP contribution < -0.4 is 10.5 Å². The van der Waals surface area contributed by atoms with Crippen molar-refractivity contribution in [1.29, 1.82) is 0 Å². The normalized spacial score (nSPS) is 15.2. The van der Waals surface area contributed by atoms with E-state index in [4.69, 9.17) is 11.6 Å². The molecule has 6 nitrogen and oxygen atoms in total. The molecule has 1 unspecified atom stereocenters. The van der Waals surface area contributed by atoms with E-state index in [9.17, 15) is 4.79 Å². The average molecular weight is 410 g/mol. The minimum absolute atomic E-state index is 0.232. The fourth-order valence-corrected chi connectivity index (χ4v) is 3.77. The van der Waals surface area contributed by atoms with Crippen LogP contribution in [-0.4, -0.2) is 26.3 Å². The maximum atomic E-state index is 12.0. The van der Waals surface area contributed by atoms with Gasteiger partial charge in [0.1, 0.15) is 5.02 Å². The molecule has 0 spiro atoms. The Morgan fingerprint density at radius 1 is 1.47 bits per heavy atom. The molecule has 0 fully saturated rings. The number of aromatic amines is 1. The van der Waals surface area contributed by atoms with Gasteiger partial charge in [-0.2, -0.15) is 10.2 Å². The summed E-state index contributed by atoms with van der Waals surface area (Å²) in [7, 11) is 0. The Labute approximate surface area is 128 Å². The van der Waals surface area contributed by atoms with E-state index in [1.54, 1.807) is 6.20 Å². The molecule has 2 aromatic heterocycles. The Balaban J connectivity index is 1.96. The third kappa shape index (κ3) is 2.39. The molecule has 3 rings (SSSR count). The summed E-state index contributed by atoms with van der Waals surface area (Å²) in [5.41, 5.74) is 2.76. The van der Waals surface area contributed by atoms with Gasteiger partial charge in [-0.25, -0.2) is 4.45 Å². The first-order valence-corrected chi connectivity index (χ1v) is 10.0. The number of H-pyrrole nitrogens is 1. The molecule has 0 radical (unpaired) electrons. The third-order valence-electron chi connectivity index (χ3n) is 3.12. The van der Waals surface area contributed by atoms with E-state index < -0.39 is 0 Å². The van der Waals surface area contributed by atoms with Crippen LogP contribution in [0.25, 0.3) is 0 Å². The Kier molecular flexibility index (Phi) is 3.77. The van der Waals surface area contributed by atoms with E-state index in [0.29, 0.717) is 12.2 Å². The van der Waals surface area contributed by atoms with E-state index in [1.807, 2.05) is 6.20 Å². The molecule has 3 heterocycles. The molecule has 0 aliphatic carbocycles. The number of rotatable bonds is 2. The highest BCUT2D eigenvalue weighted by Gasteiger charge is 2.21. The minimum Gasteiger partial charge on any atom is -0.364 e. The summed E-state index contributed by atoms with van der Waals surface area (Å²) >= 11 is 8.28. The lowest BCUT2D eigenvalue weighted by molar-refractivity contribution is 0.714. The van der Waals surface area contributed by atoms with Crippen LogP contribution in [0.2, 0.25) is 5.02 Å². The highest BCUT2D eigenvalue weighted by Crippen LogP contribution is 2.28. The van der Waals surface area contributed by atoms with Gasteiger partial charge in [-0.1, -0.05) is 11.6 Å². The third-order valence-corrected chi connectivity index (χ3v) is 5.33. The number of nitrogens with one attached hydrogen (secondary N) is 1. The zero-order valence-corrected chi connectivity index (χ0v) is 13.6. The molecular formula is C10H10ClIN5OP. The van der Waals surface area contributed by atoms with Crippen molar-refractivity contribution in [3.63, 3.8) is 0 Å². The summed E-state index contributed by atoms with van der Waals surface area (Å²) in [5, 5.41) is 11.4. The monoisotopic (exact) mass is 409 g/mol. The van der Waals surface area contributed by atoms with E-state index >= 15 is 0 Å². The number of nitrogens with zero attached hydrogens (tertiary/aromatic N) is 4. The van der Waals surface area contributed by atoms with Gasteiger partial charge in [0.25, 0.3) is 5.56 Å². The summed E-state index contributed by atoms with van der Waals surface area (Å²) in [6, 6.07) is 0. The van der Waals surface area contributed by atoms with Crippen molar-refractivity contribution in [2.75, 3.05) is 11.4 Å². The number of aromatic nitrogens is 4. The van der Waals surface area contributed by atoms with Crippen LogP contribution in [0.3, 0.4) is 0 Å². The van der Waals surface area contributed by atoms with Crippen LogP contribution in [0.15, 0.2) is 17.2 Å². The number of hydrogen-bond donors (Lipinski definition) is 1. The Morgan fingerprint density at radius 3 is 3.11 bits per heavy atom. The molecule has 0 bridgehead atoms. The first-order chi connectivity index (χ1) is 9.20. The lowest BCUT2D eigenvalue weighted by Crippen LogP contribution is -2.32. The van der Waals surface area contributed by atoms with Gasteiger partial charge in [-0.05, 0) is 22.0 Å². The standard InChI is InChI=1S/C10H10ClIN5OP/c11-9-8(4-14-17(19-12)10(9)18)16-2-1-7-6(5-16)3-13-15-7/h3-4,19H,1-2,5H2,(H,13,15). The van der Waals surface area contributed by atoms with Crippen molar-refractivity contribution in [2.24, 2.45) is 0 Å². The van der Waals surface area contributed by atoms with Crippen molar-refractivity contribution in [3.8, 4) is 0 Å². The number of halogens is 2. The average Bonchev–Trinajstić information content (AvgIpc) is 2.89. The molecule has 1 aliphatic rings. The largest absolute Gasteiger partial charge is 0.364 e. The van der Waals surface area contributed by atoms with Crippen LogP contribution in [0.1, 0.15) is 11.3 Å². The summed E-state index contributed by atoms with van der Waals surface area (Å²) < 4.78 is 1.37. The topological polar surface area (TPSA) is 66.8 Å². The second-order valence-corrected chi connectivity index (χ2v) is 6.61. The molecule has 0 amide bonds. The first-order valence-electron chi connectivity index (χ1n) is 5.61. The molecular weight excluding hydrogens is 399 g/mol. The van der Waals surface area contributed by atoms with Crippen molar-refractivity contribution >= 4 is 45.7 Å². The molecule has 9 heteroatoms. The van der Waals surface area contributed by atoms with Gasteiger partial charge < -0.3 is 4.90 Å². The molecule has 0 saturated heterocycles. The number of fused-ring (bicyclic) bond motifs is 1. The molecule has 0 aromatic carbocycles. The maximum Gasteiger partial charge on any atom is 0.291 e. The van der Waals surface area contributed by atoms with Crippen molar-refractivity contribution in [2.45, 2.75) is 13.0 Å². The lowest BCUT2D eigenvalue weighted by atomic mass is 10.1. The number of anilines is 1. The van der Waals surface area contributed by atoms with E-state index in [1.165, 1.54) is 4.45 Å². The fraction of sp³-hybridized carbons (Fsp3) is 0.300. The van der Waals surface area contributed by atoms with Crippen LogP contribution >= 0.6 is 40.0 Å². The SMILES string of the molecule is O=c1c(Cl)c(N2CCc3[nH]ncc3C2)cnn1PI. The lowest BCUT2D eigenvalue weighted by Gasteiger charge is -2.28. The molecule has 1 N–H and O–H groups in total. The quantitative estimate of drug-likeness (QED) is 0.608. The Bertz CT molecular complexity index is 672. The van der Waals surface area contributed by atoms with Crippen molar-refractivity contribution in [3.05, 3.63) is 39.0 Å². The van der Waals surface area contributed by atoms with E-state index in [0.717, 1.165) is 24.2 Å². The predicted molar refractivity (Wildman–Crippen MR) is 84.6 cm³/mol. The van der Waals surface area contributed by atoms with Gasteiger partial charge >= 0.3 is 0 Å². The highest BCUT2D eigenvalue weighted by molar-refractivity contribution is 14.2. The molecule has 19 heavy (non-hydrogen) atoms. The van der Waals surface area contributed by atoms with Gasteiger partial charge in [0.05, 0.1) is 24.5 Å². The first kappa shape index (κ1) is 13.3. The smallest absolute Gasteiger partial charge is 0.291 e. The Hall–Kier alpha value is -0.660. The van der Waals surface area contributed by atoms with E-state index in [2.05, 4.69) is 42.2 Å². The zero-order valence-electron chi connectivity index (χ0n) is 9.73. The van der Waals surface area contributed by atoms with Crippen LogP contribution in [-0.2, 0) is 13.0 Å². The predicted octanol–water partition coefficient (Wildman–Crippen LogP) is 1.97. The zero-order chi connectivity index (χ0) is 13.4. The summed E-state index contributed by atoms with van der Waals surface area (Å²) in [4.78, 5) is 14.0. The number of hydrogen-bond acceptors (Lipinski definition) is 4. The molecule has 1 aliphatic heterocycles. The van der Waals surface area contributed by atoms with Gasteiger partial charge in [0.15, 0.2) is 0 Å². The molecule has 1 atom stereocenters. The molecule has 2 aromatic rings.